The minimum absolute atomic E-state index is 0.119. The summed E-state index contributed by atoms with van der Waals surface area (Å²) >= 11 is 0. The molecule has 1 aromatic carbocycles. The second-order valence-corrected chi connectivity index (χ2v) is 4.31. The number of carbonyl (C=O) groups excluding carboxylic acids is 1. The summed E-state index contributed by atoms with van der Waals surface area (Å²) < 4.78 is 11.7. The summed E-state index contributed by atoms with van der Waals surface area (Å²) in [6.07, 6.45) is 1.64. The molecule has 2 rings (SSSR count). The second kappa shape index (κ2) is 7.14. The average Bonchev–Trinajstić information content (AvgIpc) is 2.49. The Balaban J connectivity index is 1.71. The number of carbonyl (C=O) groups is 1. The first-order valence-corrected chi connectivity index (χ1v) is 6.44. The zero-order valence-electron chi connectivity index (χ0n) is 11.4. The van der Waals surface area contributed by atoms with Crippen LogP contribution in [0.3, 0.4) is 0 Å². The van der Waals surface area contributed by atoms with E-state index in [0.29, 0.717) is 18.0 Å². The third-order valence-electron chi connectivity index (χ3n) is 2.73. The third kappa shape index (κ3) is 4.68. The number of pyridine rings is 1. The van der Waals surface area contributed by atoms with Gasteiger partial charge in [-0.2, -0.15) is 0 Å². The lowest BCUT2D eigenvalue weighted by Gasteiger charge is -2.08. The lowest BCUT2D eigenvalue weighted by atomic mass is 10.3. The molecule has 1 aromatic heterocycles. The van der Waals surface area contributed by atoms with Crippen LogP contribution in [0.4, 0.5) is 5.69 Å². The van der Waals surface area contributed by atoms with E-state index in [1.54, 1.807) is 42.6 Å². The van der Waals surface area contributed by atoms with E-state index in [4.69, 9.17) is 15.2 Å². The number of ether oxygens (including phenoxy) is 2. The van der Waals surface area contributed by atoms with E-state index < -0.39 is 5.97 Å². The molecule has 0 unspecified atom stereocenters. The lowest BCUT2D eigenvalue weighted by Crippen LogP contribution is -2.23. The highest BCUT2D eigenvalue weighted by molar-refractivity contribution is 5.71. The Bertz CT molecular complexity index is 649. The maximum absolute atomic E-state index is 11.5. The smallest absolute Gasteiger partial charge is 0.344 e. The number of nitrogen functional groups attached to an aromatic ring is 1. The average molecular weight is 288 g/mol. The van der Waals surface area contributed by atoms with Gasteiger partial charge in [-0.05, 0) is 30.3 Å². The van der Waals surface area contributed by atoms with E-state index in [9.17, 15) is 9.59 Å². The topological polar surface area (TPSA) is 83.5 Å². The standard InChI is InChI=1S/C15H16N2O4/c16-12-4-6-13(7-5-12)21-11-15(19)20-10-9-17-8-2-1-3-14(17)18/h1-8H,9-11,16H2. The highest BCUT2D eigenvalue weighted by Crippen LogP contribution is 2.12. The van der Waals surface area contributed by atoms with Crippen LogP contribution < -0.4 is 16.0 Å². The Morgan fingerprint density at radius 1 is 1.14 bits per heavy atom. The molecule has 0 aliphatic heterocycles. The van der Waals surface area contributed by atoms with Crippen LogP contribution in [0.2, 0.25) is 0 Å². The number of nitrogens with zero attached hydrogens (tertiary/aromatic N) is 1. The van der Waals surface area contributed by atoms with Crippen molar-refractivity contribution in [1.82, 2.24) is 4.57 Å². The summed E-state index contributed by atoms with van der Waals surface area (Å²) in [4.78, 5) is 22.9. The molecule has 0 bridgehead atoms. The van der Waals surface area contributed by atoms with Crippen molar-refractivity contribution in [3.05, 3.63) is 59.0 Å². The Hall–Kier alpha value is -2.76. The zero-order chi connectivity index (χ0) is 15.1. The van der Waals surface area contributed by atoms with Crippen molar-refractivity contribution in [3.8, 4) is 5.75 Å². The van der Waals surface area contributed by atoms with Crippen LogP contribution in [0.5, 0.6) is 5.75 Å². The van der Waals surface area contributed by atoms with Gasteiger partial charge in [-0.25, -0.2) is 4.79 Å². The van der Waals surface area contributed by atoms with Crippen LogP contribution in [0.1, 0.15) is 0 Å². The maximum atomic E-state index is 11.5. The lowest BCUT2D eigenvalue weighted by molar-refractivity contribution is -0.146. The van der Waals surface area contributed by atoms with Gasteiger partial charge in [0, 0.05) is 18.0 Å². The zero-order valence-corrected chi connectivity index (χ0v) is 11.4. The van der Waals surface area contributed by atoms with Gasteiger partial charge in [0.25, 0.3) is 5.56 Å². The number of benzene rings is 1. The van der Waals surface area contributed by atoms with Gasteiger partial charge in [0.15, 0.2) is 6.61 Å². The van der Waals surface area contributed by atoms with E-state index in [2.05, 4.69) is 0 Å². The molecule has 0 atom stereocenters. The number of esters is 1. The molecule has 0 fully saturated rings. The van der Waals surface area contributed by atoms with Crippen LogP contribution in [0.15, 0.2) is 53.5 Å². The van der Waals surface area contributed by atoms with E-state index >= 15 is 0 Å². The van der Waals surface area contributed by atoms with Crippen molar-refractivity contribution in [2.45, 2.75) is 6.54 Å². The summed E-state index contributed by atoms with van der Waals surface area (Å²) in [5.74, 6) is 0.0521. The fourth-order valence-electron chi connectivity index (χ4n) is 1.65. The fourth-order valence-corrected chi connectivity index (χ4v) is 1.65. The van der Waals surface area contributed by atoms with Crippen molar-refractivity contribution < 1.29 is 14.3 Å². The normalized spacial score (nSPS) is 10.1. The van der Waals surface area contributed by atoms with E-state index in [-0.39, 0.29) is 18.8 Å². The van der Waals surface area contributed by atoms with Crippen LogP contribution in [-0.4, -0.2) is 23.8 Å². The molecule has 0 aliphatic carbocycles. The molecule has 0 spiro atoms. The summed E-state index contributed by atoms with van der Waals surface area (Å²) in [5.41, 5.74) is 6.03. The molecular formula is C15H16N2O4. The molecule has 6 heteroatoms. The minimum Gasteiger partial charge on any atom is -0.482 e. The quantitative estimate of drug-likeness (QED) is 0.634. The summed E-state index contributed by atoms with van der Waals surface area (Å²) in [6.45, 7) is 0.245. The monoisotopic (exact) mass is 288 g/mol. The van der Waals surface area contributed by atoms with Crippen molar-refractivity contribution in [3.63, 3.8) is 0 Å². The van der Waals surface area contributed by atoms with Crippen LogP contribution in [0.25, 0.3) is 0 Å². The van der Waals surface area contributed by atoms with Crippen LogP contribution >= 0.6 is 0 Å². The van der Waals surface area contributed by atoms with Gasteiger partial charge >= 0.3 is 5.97 Å². The first kappa shape index (κ1) is 14.6. The van der Waals surface area contributed by atoms with E-state index in [0.717, 1.165) is 0 Å². The SMILES string of the molecule is Nc1ccc(OCC(=O)OCCn2ccccc2=O)cc1. The maximum Gasteiger partial charge on any atom is 0.344 e. The van der Waals surface area contributed by atoms with Crippen molar-refractivity contribution in [2.75, 3.05) is 18.9 Å². The third-order valence-corrected chi connectivity index (χ3v) is 2.73. The number of aromatic nitrogens is 1. The summed E-state index contributed by atoms with van der Waals surface area (Å²) in [6, 6.07) is 11.6. The highest BCUT2D eigenvalue weighted by Gasteiger charge is 2.04. The number of hydrogen-bond donors (Lipinski definition) is 1. The summed E-state index contributed by atoms with van der Waals surface area (Å²) in [7, 11) is 0. The predicted octanol–water partition coefficient (Wildman–Crippen LogP) is 1.05. The molecule has 0 amide bonds. The van der Waals surface area contributed by atoms with Crippen molar-refractivity contribution >= 4 is 11.7 Å². The number of nitrogens with two attached hydrogens (primary N) is 1. The molecule has 6 nitrogen and oxygen atoms in total. The molecule has 0 saturated carbocycles. The Morgan fingerprint density at radius 2 is 1.90 bits per heavy atom. The summed E-state index contributed by atoms with van der Waals surface area (Å²) in [5, 5.41) is 0. The fraction of sp³-hybridized carbons (Fsp3) is 0.200. The second-order valence-electron chi connectivity index (χ2n) is 4.31. The number of hydrogen-bond acceptors (Lipinski definition) is 5. The van der Waals surface area contributed by atoms with Gasteiger partial charge in [0.2, 0.25) is 0 Å². The molecule has 0 radical (unpaired) electrons. The Kier molecular flexibility index (Phi) is 4.98. The molecule has 2 N–H and O–H groups in total. The Labute approximate surface area is 121 Å². The first-order valence-electron chi connectivity index (χ1n) is 6.44. The molecule has 0 saturated heterocycles. The van der Waals surface area contributed by atoms with E-state index in [1.807, 2.05) is 0 Å². The molecular weight excluding hydrogens is 272 g/mol. The minimum atomic E-state index is -0.490. The van der Waals surface area contributed by atoms with Gasteiger partial charge in [0.1, 0.15) is 12.4 Å². The van der Waals surface area contributed by atoms with Crippen molar-refractivity contribution in [2.24, 2.45) is 0 Å². The molecule has 0 aliphatic rings. The van der Waals surface area contributed by atoms with Gasteiger partial charge in [-0.3, -0.25) is 4.79 Å². The van der Waals surface area contributed by atoms with E-state index in [1.165, 1.54) is 10.6 Å². The first-order chi connectivity index (χ1) is 10.1. The Morgan fingerprint density at radius 3 is 2.62 bits per heavy atom. The van der Waals surface area contributed by atoms with Gasteiger partial charge in [0.05, 0.1) is 6.54 Å². The number of rotatable bonds is 6. The van der Waals surface area contributed by atoms with Gasteiger partial charge < -0.3 is 19.8 Å². The largest absolute Gasteiger partial charge is 0.482 e. The van der Waals surface area contributed by atoms with Crippen molar-refractivity contribution in [1.29, 1.82) is 0 Å². The molecule has 110 valence electrons. The predicted molar refractivity (Wildman–Crippen MR) is 78.0 cm³/mol. The highest BCUT2D eigenvalue weighted by atomic mass is 16.6. The van der Waals surface area contributed by atoms with Crippen LogP contribution in [0, 0.1) is 0 Å². The van der Waals surface area contributed by atoms with Crippen LogP contribution in [-0.2, 0) is 16.1 Å². The molecule has 21 heavy (non-hydrogen) atoms. The van der Waals surface area contributed by atoms with Gasteiger partial charge in [-0.1, -0.05) is 6.07 Å². The number of anilines is 1. The molecule has 1 heterocycles. The molecule has 2 aromatic rings. The van der Waals surface area contributed by atoms with Gasteiger partial charge in [-0.15, -0.1) is 0 Å².